The maximum atomic E-state index is 12.3. The molecule has 0 heterocycles. The molecule has 4 heteroatoms. The Bertz CT molecular complexity index is 481. The molecule has 0 fully saturated rings. The predicted octanol–water partition coefficient (Wildman–Crippen LogP) is 3.10. The zero-order valence-corrected chi connectivity index (χ0v) is 12.6. The van der Waals surface area contributed by atoms with Crippen LogP contribution in [0, 0.1) is 0 Å². The monoisotopic (exact) mass is 278 g/mol. The number of methoxy groups -OCH3 is 2. The van der Waals surface area contributed by atoms with Crippen LogP contribution in [0.15, 0.2) is 30.9 Å². The summed E-state index contributed by atoms with van der Waals surface area (Å²) < 4.78 is 15.7. The summed E-state index contributed by atoms with van der Waals surface area (Å²) in [6.07, 6.45) is 2.19. The van der Waals surface area contributed by atoms with Gasteiger partial charge in [0.25, 0.3) is 0 Å². The number of hydrogen-bond acceptors (Lipinski definition) is 4. The topological polar surface area (TPSA) is 44.8 Å². The molecular formula is C16H22O4. The van der Waals surface area contributed by atoms with E-state index >= 15 is 0 Å². The van der Waals surface area contributed by atoms with Gasteiger partial charge < -0.3 is 14.2 Å². The molecule has 0 spiro atoms. The van der Waals surface area contributed by atoms with Crippen LogP contribution in [-0.2, 0) is 14.9 Å². The smallest absolute Gasteiger partial charge is 0.320 e. The lowest BCUT2D eigenvalue weighted by molar-refractivity contribution is -0.148. The summed E-state index contributed by atoms with van der Waals surface area (Å²) in [6, 6.07) is 5.41. The van der Waals surface area contributed by atoms with Gasteiger partial charge in [-0.15, -0.1) is 6.58 Å². The summed E-state index contributed by atoms with van der Waals surface area (Å²) >= 11 is 0. The largest absolute Gasteiger partial charge is 0.493 e. The number of hydrogen-bond donors (Lipinski definition) is 0. The van der Waals surface area contributed by atoms with Crippen molar-refractivity contribution in [3.05, 3.63) is 36.4 Å². The second-order valence-electron chi connectivity index (χ2n) is 4.32. The Morgan fingerprint density at radius 3 is 2.35 bits per heavy atom. The van der Waals surface area contributed by atoms with Gasteiger partial charge in [-0.2, -0.15) is 0 Å². The van der Waals surface area contributed by atoms with Crippen LogP contribution in [0.4, 0.5) is 0 Å². The van der Waals surface area contributed by atoms with Crippen molar-refractivity contribution >= 4 is 5.97 Å². The Kier molecular flexibility index (Phi) is 5.62. The molecule has 110 valence electrons. The maximum Gasteiger partial charge on any atom is 0.320 e. The number of carbonyl (C=O) groups excluding carboxylic acids is 1. The van der Waals surface area contributed by atoms with E-state index in [1.54, 1.807) is 39.4 Å². The molecule has 1 rings (SSSR count). The van der Waals surface area contributed by atoms with E-state index in [2.05, 4.69) is 6.58 Å². The first-order valence-electron chi connectivity index (χ1n) is 6.62. The van der Waals surface area contributed by atoms with Crippen molar-refractivity contribution in [2.45, 2.75) is 25.7 Å². The van der Waals surface area contributed by atoms with E-state index in [9.17, 15) is 4.79 Å². The van der Waals surface area contributed by atoms with Gasteiger partial charge in [0.15, 0.2) is 11.5 Å². The van der Waals surface area contributed by atoms with E-state index in [4.69, 9.17) is 14.2 Å². The molecule has 20 heavy (non-hydrogen) atoms. The van der Waals surface area contributed by atoms with Gasteiger partial charge in [0.05, 0.1) is 20.8 Å². The molecule has 1 aromatic carbocycles. The minimum atomic E-state index is -0.866. The van der Waals surface area contributed by atoms with Crippen LogP contribution < -0.4 is 9.47 Å². The van der Waals surface area contributed by atoms with Gasteiger partial charge in [-0.1, -0.05) is 19.1 Å². The van der Waals surface area contributed by atoms with Gasteiger partial charge in [-0.25, -0.2) is 0 Å². The van der Waals surface area contributed by atoms with Crippen LogP contribution in [-0.4, -0.2) is 26.8 Å². The van der Waals surface area contributed by atoms with Crippen molar-refractivity contribution in [1.82, 2.24) is 0 Å². The summed E-state index contributed by atoms with van der Waals surface area (Å²) in [5.41, 5.74) is -0.0821. The summed E-state index contributed by atoms with van der Waals surface area (Å²) in [4.78, 5) is 12.3. The number of carbonyl (C=O) groups is 1. The molecule has 0 aliphatic rings. The van der Waals surface area contributed by atoms with Crippen LogP contribution in [0.25, 0.3) is 0 Å². The summed E-state index contributed by atoms with van der Waals surface area (Å²) in [7, 11) is 3.14. The summed E-state index contributed by atoms with van der Waals surface area (Å²) in [5, 5.41) is 0. The molecule has 0 radical (unpaired) electrons. The van der Waals surface area contributed by atoms with Gasteiger partial charge in [0.2, 0.25) is 0 Å². The molecule has 0 N–H and O–H groups in total. The van der Waals surface area contributed by atoms with Crippen molar-refractivity contribution < 1.29 is 19.0 Å². The highest BCUT2D eigenvalue weighted by molar-refractivity contribution is 5.86. The second-order valence-corrected chi connectivity index (χ2v) is 4.32. The second kappa shape index (κ2) is 6.98. The fourth-order valence-electron chi connectivity index (χ4n) is 2.19. The van der Waals surface area contributed by atoms with Crippen molar-refractivity contribution in [3.63, 3.8) is 0 Å². The standard InChI is InChI=1S/C16H22O4/c1-6-16(7-2,15(17)20-8-3)12-9-10-13(18-4)14(11-12)19-5/h6,9-11H,1,7-8H2,2-5H3. The molecule has 1 unspecified atom stereocenters. The molecule has 1 aromatic rings. The lowest BCUT2D eigenvalue weighted by atomic mass is 9.78. The first kappa shape index (κ1) is 16.1. The average molecular weight is 278 g/mol. The maximum absolute atomic E-state index is 12.3. The third-order valence-electron chi connectivity index (χ3n) is 3.44. The highest BCUT2D eigenvalue weighted by atomic mass is 16.5. The molecule has 0 bridgehead atoms. The Balaban J connectivity index is 3.35. The molecule has 0 saturated carbocycles. The zero-order chi connectivity index (χ0) is 15.2. The lowest BCUT2D eigenvalue weighted by Crippen LogP contribution is -2.35. The van der Waals surface area contributed by atoms with Gasteiger partial charge in [0.1, 0.15) is 5.41 Å². The molecule has 0 amide bonds. The quantitative estimate of drug-likeness (QED) is 0.568. The first-order valence-corrected chi connectivity index (χ1v) is 6.62. The highest BCUT2D eigenvalue weighted by Gasteiger charge is 2.37. The first-order chi connectivity index (χ1) is 9.59. The zero-order valence-electron chi connectivity index (χ0n) is 12.6. The Hall–Kier alpha value is -1.97. The van der Waals surface area contributed by atoms with Gasteiger partial charge in [-0.05, 0) is 31.0 Å². The number of ether oxygens (including phenoxy) is 3. The number of esters is 1. The SMILES string of the molecule is C=CC(CC)(C(=O)OCC)c1ccc(OC)c(OC)c1. The number of benzene rings is 1. The molecule has 0 saturated heterocycles. The number of rotatable bonds is 7. The minimum Gasteiger partial charge on any atom is -0.493 e. The van der Waals surface area contributed by atoms with Gasteiger partial charge >= 0.3 is 5.97 Å². The van der Waals surface area contributed by atoms with Crippen molar-refractivity contribution in [2.24, 2.45) is 0 Å². The van der Waals surface area contributed by atoms with Crippen molar-refractivity contribution in [1.29, 1.82) is 0 Å². The van der Waals surface area contributed by atoms with E-state index in [1.807, 2.05) is 13.0 Å². The summed E-state index contributed by atoms with van der Waals surface area (Å²) in [6.45, 7) is 7.86. The van der Waals surface area contributed by atoms with E-state index < -0.39 is 5.41 Å². The van der Waals surface area contributed by atoms with E-state index in [1.165, 1.54) is 0 Å². The molecule has 0 aliphatic carbocycles. The fraction of sp³-hybridized carbons (Fsp3) is 0.438. The molecule has 1 atom stereocenters. The van der Waals surface area contributed by atoms with E-state index in [0.717, 1.165) is 5.56 Å². The third-order valence-corrected chi connectivity index (χ3v) is 3.44. The van der Waals surface area contributed by atoms with Crippen LogP contribution >= 0.6 is 0 Å². The third kappa shape index (κ3) is 2.79. The van der Waals surface area contributed by atoms with Gasteiger partial charge in [-0.3, -0.25) is 4.79 Å². The highest BCUT2D eigenvalue weighted by Crippen LogP contribution is 2.36. The van der Waals surface area contributed by atoms with Crippen LogP contribution in [0.2, 0.25) is 0 Å². The van der Waals surface area contributed by atoms with Crippen LogP contribution in [0.5, 0.6) is 11.5 Å². The lowest BCUT2D eigenvalue weighted by Gasteiger charge is -2.28. The van der Waals surface area contributed by atoms with E-state index in [0.29, 0.717) is 24.5 Å². The molecule has 0 aromatic heterocycles. The minimum absolute atomic E-state index is 0.301. The van der Waals surface area contributed by atoms with Gasteiger partial charge in [0, 0.05) is 0 Å². The normalized spacial score (nSPS) is 13.2. The van der Waals surface area contributed by atoms with Crippen molar-refractivity contribution in [2.75, 3.05) is 20.8 Å². The average Bonchev–Trinajstić information content (AvgIpc) is 2.49. The Morgan fingerprint density at radius 2 is 1.90 bits per heavy atom. The Morgan fingerprint density at radius 1 is 1.25 bits per heavy atom. The van der Waals surface area contributed by atoms with Crippen molar-refractivity contribution in [3.8, 4) is 11.5 Å². The molecule has 4 nitrogen and oxygen atoms in total. The van der Waals surface area contributed by atoms with Crippen LogP contribution in [0.1, 0.15) is 25.8 Å². The Labute approximate surface area is 120 Å². The fourth-order valence-corrected chi connectivity index (χ4v) is 2.19. The summed E-state index contributed by atoms with van der Waals surface area (Å²) in [5.74, 6) is 0.896. The van der Waals surface area contributed by atoms with E-state index in [-0.39, 0.29) is 5.97 Å². The van der Waals surface area contributed by atoms with Crippen LogP contribution in [0.3, 0.4) is 0 Å². The molecular weight excluding hydrogens is 256 g/mol. The molecule has 0 aliphatic heterocycles. The predicted molar refractivity (Wildman–Crippen MR) is 78.3 cm³/mol.